The summed E-state index contributed by atoms with van der Waals surface area (Å²) in [5.41, 5.74) is 0. The van der Waals surface area contributed by atoms with E-state index in [2.05, 4.69) is 14.9 Å². The van der Waals surface area contributed by atoms with E-state index in [1.807, 2.05) is 12.5 Å². The first-order valence-electron chi connectivity index (χ1n) is 7.67. The fraction of sp³-hybridized carbons (Fsp3) is 0.786. The van der Waals surface area contributed by atoms with E-state index in [0.717, 1.165) is 45.3 Å². The van der Waals surface area contributed by atoms with Gasteiger partial charge in [0.25, 0.3) is 0 Å². The van der Waals surface area contributed by atoms with Gasteiger partial charge in [0.2, 0.25) is 10.0 Å². The lowest BCUT2D eigenvalue weighted by Crippen LogP contribution is -2.42. The van der Waals surface area contributed by atoms with Gasteiger partial charge in [-0.3, -0.25) is 0 Å². The molecule has 1 unspecified atom stereocenters. The third kappa shape index (κ3) is 5.76. The van der Waals surface area contributed by atoms with E-state index >= 15 is 0 Å². The molecule has 2 rings (SSSR count). The Morgan fingerprint density at radius 2 is 2.24 bits per heavy atom. The van der Waals surface area contributed by atoms with Crippen molar-refractivity contribution in [3.63, 3.8) is 0 Å². The summed E-state index contributed by atoms with van der Waals surface area (Å²) in [6, 6.07) is 0. The molecule has 0 aliphatic carbocycles. The molecule has 2 heterocycles. The van der Waals surface area contributed by atoms with Gasteiger partial charge in [-0.1, -0.05) is 0 Å². The predicted octanol–water partition coefficient (Wildman–Crippen LogP) is 0.925. The molecule has 1 saturated heterocycles. The van der Waals surface area contributed by atoms with Gasteiger partial charge in [-0.2, -0.15) is 0 Å². The van der Waals surface area contributed by atoms with E-state index in [9.17, 15) is 8.42 Å². The second kappa shape index (κ2) is 7.91. The highest BCUT2D eigenvalue weighted by Gasteiger charge is 2.25. The molecular weight excluding hydrogens is 288 g/mol. The lowest BCUT2D eigenvalue weighted by atomic mass is 10.00. The lowest BCUT2D eigenvalue weighted by molar-refractivity contribution is 0.261. The fourth-order valence-electron chi connectivity index (χ4n) is 2.76. The minimum absolute atomic E-state index is 0.446. The second-order valence-electron chi connectivity index (χ2n) is 5.84. The van der Waals surface area contributed by atoms with Crippen molar-refractivity contribution in [2.24, 2.45) is 5.92 Å². The molecule has 1 N–H and O–H groups in total. The monoisotopic (exact) mass is 314 g/mol. The third-order valence-corrected chi connectivity index (χ3v) is 5.23. The smallest absolute Gasteiger partial charge is 0.211 e. The molecule has 7 heteroatoms. The topological polar surface area (TPSA) is 67.2 Å². The molecule has 0 bridgehead atoms. The molecule has 1 aliphatic rings. The van der Waals surface area contributed by atoms with Crippen molar-refractivity contribution in [1.29, 1.82) is 0 Å². The molecule has 1 aromatic rings. The quantitative estimate of drug-likeness (QED) is 0.725. The molecule has 1 aromatic heterocycles. The number of sulfonamides is 1. The Hall–Kier alpha value is -0.920. The van der Waals surface area contributed by atoms with Crippen molar-refractivity contribution in [1.82, 2.24) is 19.2 Å². The number of unbranched alkanes of at least 4 members (excludes halogenated alkanes) is 1. The predicted molar refractivity (Wildman–Crippen MR) is 83.5 cm³/mol. The van der Waals surface area contributed by atoms with E-state index in [4.69, 9.17) is 0 Å². The number of piperidine rings is 1. The number of hydrogen-bond donors (Lipinski definition) is 1. The van der Waals surface area contributed by atoms with E-state index < -0.39 is 10.0 Å². The highest BCUT2D eigenvalue weighted by atomic mass is 32.2. The molecule has 1 fully saturated rings. The number of rotatable bonds is 8. The van der Waals surface area contributed by atoms with E-state index in [1.165, 1.54) is 6.26 Å². The van der Waals surface area contributed by atoms with Crippen LogP contribution in [0.25, 0.3) is 0 Å². The number of nitrogens with one attached hydrogen (secondary N) is 1. The first kappa shape index (κ1) is 16.5. The fourth-order valence-corrected chi connectivity index (χ4v) is 3.71. The number of imidazole rings is 1. The van der Waals surface area contributed by atoms with Gasteiger partial charge in [-0.05, 0) is 44.7 Å². The van der Waals surface area contributed by atoms with Crippen molar-refractivity contribution in [3.8, 4) is 0 Å². The van der Waals surface area contributed by atoms with E-state index in [-0.39, 0.29) is 0 Å². The van der Waals surface area contributed by atoms with Crippen LogP contribution >= 0.6 is 0 Å². The van der Waals surface area contributed by atoms with Crippen LogP contribution in [0.4, 0.5) is 0 Å². The molecular formula is C14H26N4O2S. The Morgan fingerprint density at radius 3 is 2.95 bits per heavy atom. The zero-order chi connectivity index (χ0) is 15.1. The Morgan fingerprint density at radius 1 is 1.38 bits per heavy atom. The van der Waals surface area contributed by atoms with Gasteiger partial charge in [0, 0.05) is 32.0 Å². The van der Waals surface area contributed by atoms with Crippen LogP contribution in [0, 0.1) is 5.92 Å². The van der Waals surface area contributed by atoms with Crippen LogP contribution in [-0.2, 0) is 16.6 Å². The minimum atomic E-state index is -3.03. The lowest BCUT2D eigenvalue weighted by Gasteiger charge is -2.31. The first-order chi connectivity index (χ1) is 10.1. The summed E-state index contributed by atoms with van der Waals surface area (Å²) < 4.78 is 26.8. The van der Waals surface area contributed by atoms with Crippen molar-refractivity contribution >= 4 is 10.0 Å². The summed E-state index contributed by atoms with van der Waals surface area (Å²) in [5, 5.41) is 3.46. The van der Waals surface area contributed by atoms with E-state index in [1.54, 1.807) is 10.5 Å². The summed E-state index contributed by atoms with van der Waals surface area (Å²) >= 11 is 0. The largest absolute Gasteiger partial charge is 0.337 e. The summed E-state index contributed by atoms with van der Waals surface area (Å²) in [6.45, 7) is 4.26. The molecule has 0 radical (unpaired) electrons. The Labute approximate surface area is 127 Å². The average Bonchev–Trinajstić information content (AvgIpc) is 2.95. The SMILES string of the molecule is CS(=O)(=O)N1CCCC(CNCCCCn2ccnc2)C1. The molecule has 1 aliphatic heterocycles. The van der Waals surface area contributed by atoms with Gasteiger partial charge in [0.1, 0.15) is 0 Å². The van der Waals surface area contributed by atoms with Gasteiger partial charge in [0.05, 0.1) is 12.6 Å². The third-order valence-electron chi connectivity index (χ3n) is 3.96. The molecule has 0 amide bonds. The van der Waals surface area contributed by atoms with Crippen molar-refractivity contribution < 1.29 is 8.42 Å². The maximum absolute atomic E-state index is 11.6. The van der Waals surface area contributed by atoms with Gasteiger partial charge in [-0.15, -0.1) is 0 Å². The second-order valence-corrected chi connectivity index (χ2v) is 7.82. The standard InChI is InChI=1S/C14H26N4O2S/c1-21(19,20)18-9-4-5-14(12-18)11-15-6-2-3-8-17-10-7-16-13-17/h7,10,13-15H,2-6,8-9,11-12H2,1H3. The average molecular weight is 314 g/mol. The van der Waals surface area contributed by atoms with Crippen LogP contribution in [-0.4, -0.2) is 54.7 Å². The maximum Gasteiger partial charge on any atom is 0.211 e. The molecule has 6 nitrogen and oxygen atoms in total. The minimum Gasteiger partial charge on any atom is -0.337 e. The van der Waals surface area contributed by atoms with Crippen LogP contribution in [0.1, 0.15) is 25.7 Å². The van der Waals surface area contributed by atoms with Crippen molar-refractivity contribution in [3.05, 3.63) is 18.7 Å². The highest BCUT2D eigenvalue weighted by Crippen LogP contribution is 2.17. The Balaban J connectivity index is 1.56. The van der Waals surface area contributed by atoms with Crippen LogP contribution in [0.15, 0.2) is 18.7 Å². The molecule has 0 aromatic carbocycles. The molecule has 1 atom stereocenters. The van der Waals surface area contributed by atoms with Gasteiger partial charge in [0.15, 0.2) is 0 Å². The zero-order valence-corrected chi connectivity index (χ0v) is 13.6. The summed E-state index contributed by atoms with van der Waals surface area (Å²) in [7, 11) is -3.03. The number of aromatic nitrogens is 2. The summed E-state index contributed by atoms with van der Waals surface area (Å²) in [5.74, 6) is 0.446. The summed E-state index contributed by atoms with van der Waals surface area (Å²) in [4.78, 5) is 4.02. The van der Waals surface area contributed by atoms with Crippen LogP contribution in [0.3, 0.4) is 0 Å². The van der Waals surface area contributed by atoms with Gasteiger partial charge >= 0.3 is 0 Å². The molecule has 0 saturated carbocycles. The Kier molecular flexibility index (Phi) is 6.20. The van der Waals surface area contributed by atoms with E-state index in [0.29, 0.717) is 19.0 Å². The molecule has 0 spiro atoms. The zero-order valence-electron chi connectivity index (χ0n) is 12.7. The number of hydrogen-bond acceptors (Lipinski definition) is 4. The normalized spacial score (nSPS) is 20.7. The van der Waals surface area contributed by atoms with Crippen LogP contribution in [0.5, 0.6) is 0 Å². The van der Waals surface area contributed by atoms with Crippen molar-refractivity contribution in [2.75, 3.05) is 32.4 Å². The number of nitrogens with zero attached hydrogens (tertiary/aromatic N) is 3. The van der Waals surface area contributed by atoms with Gasteiger partial charge in [-0.25, -0.2) is 17.7 Å². The number of aryl methyl sites for hydroxylation is 1. The molecule has 21 heavy (non-hydrogen) atoms. The van der Waals surface area contributed by atoms with Crippen LogP contribution < -0.4 is 5.32 Å². The van der Waals surface area contributed by atoms with Crippen molar-refractivity contribution in [2.45, 2.75) is 32.2 Å². The van der Waals surface area contributed by atoms with Crippen LogP contribution in [0.2, 0.25) is 0 Å². The van der Waals surface area contributed by atoms with Gasteiger partial charge < -0.3 is 9.88 Å². The summed E-state index contributed by atoms with van der Waals surface area (Å²) in [6.07, 6.45) is 11.3. The maximum atomic E-state index is 11.6. The molecule has 120 valence electrons. The highest BCUT2D eigenvalue weighted by molar-refractivity contribution is 7.88. The Bertz CT molecular complexity index is 501. The first-order valence-corrected chi connectivity index (χ1v) is 9.52.